The summed E-state index contributed by atoms with van der Waals surface area (Å²) in [5.74, 6) is 0.645. The molecule has 1 saturated heterocycles. The smallest absolute Gasteiger partial charge is 0.217 e. The first-order valence-corrected chi connectivity index (χ1v) is 5.69. The van der Waals surface area contributed by atoms with Crippen molar-refractivity contribution in [3.05, 3.63) is 23.4 Å². The summed E-state index contributed by atoms with van der Waals surface area (Å²) in [6, 6.07) is 2.61. The molecule has 0 amide bonds. The van der Waals surface area contributed by atoms with Crippen molar-refractivity contribution in [3.63, 3.8) is 0 Å². The van der Waals surface area contributed by atoms with Gasteiger partial charge in [-0.05, 0) is 38.1 Å². The quantitative estimate of drug-likeness (QED) is 0.836. The molecular weight excluding hydrogens is 202 g/mol. The summed E-state index contributed by atoms with van der Waals surface area (Å²) in [6.45, 7) is 1.63. The van der Waals surface area contributed by atoms with Crippen LogP contribution < -0.4 is 10.5 Å². The first-order chi connectivity index (χ1) is 7.76. The van der Waals surface area contributed by atoms with E-state index in [0.717, 1.165) is 12.1 Å². The van der Waals surface area contributed by atoms with Crippen LogP contribution in [0.2, 0.25) is 0 Å². The van der Waals surface area contributed by atoms with Gasteiger partial charge in [0.15, 0.2) is 0 Å². The minimum atomic E-state index is 0.473. The average molecular weight is 221 g/mol. The van der Waals surface area contributed by atoms with E-state index in [9.17, 15) is 0 Å². The number of hydrogen-bond acceptors (Lipinski definition) is 4. The summed E-state index contributed by atoms with van der Waals surface area (Å²) in [7, 11) is 3.78. The molecular formula is C12H19N3O. The fourth-order valence-electron chi connectivity index (χ4n) is 2.36. The van der Waals surface area contributed by atoms with Crippen molar-refractivity contribution in [1.29, 1.82) is 0 Å². The summed E-state index contributed by atoms with van der Waals surface area (Å²) < 4.78 is 5.18. The molecule has 1 atom stereocenters. The van der Waals surface area contributed by atoms with Crippen LogP contribution in [0.3, 0.4) is 0 Å². The second-order valence-electron chi connectivity index (χ2n) is 4.28. The molecule has 4 heteroatoms. The average Bonchev–Trinajstić information content (AvgIpc) is 2.74. The highest BCUT2D eigenvalue weighted by Crippen LogP contribution is 2.31. The zero-order valence-corrected chi connectivity index (χ0v) is 9.94. The van der Waals surface area contributed by atoms with Gasteiger partial charge in [-0.15, -0.1) is 0 Å². The molecule has 2 heterocycles. The maximum atomic E-state index is 5.69. The Kier molecular flexibility index (Phi) is 3.41. The lowest BCUT2D eigenvalue weighted by Gasteiger charge is -2.20. The zero-order chi connectivity index (χ0) is 11.5. The van der Waals surface area contributed by atoms with E-state index in [1.165, 1.54) is 18.4 Å². The normalized spacial score (nSPS) is 21.3. The van der Waals surface area contributed by atoms with E-state index in [2.05, 4.69) is 23.0 Å². The molecule has 0 radical (unpaired) electrons. The number of likely N-dealkylation sites (tertiary alicyclic amines) is 1. The van der Waals surface area contributed by atoms with Crippen molar-refractivity contribution >= 4 is 0 Å². The molecule has 0 aromatic carbocycles. The van der Waals surface area contributed by atoms with Gasteiger partial charge in [0.25, 0.3) is 0 Å². The number of methoxy groups -OCH3 is 1. The van der Waals surface area contributed by atoms with Crippen LogP contribution in [0.4, 0.5) is 0 Å². The summed E-state index contributed by atoms with van der Waals surface area (Å²) in [6.07, 6.45) is 4.37. The highest BCUT2D eigenvalue weighted by atomic mass is 16.5. The maximum Gasteiger partial charge on any atom is 0.217 e. The maximum absolute atomic E-state index is 5.69. The van der Waals surface area contributed by atoms with Gasteiger partial charge in [0.05, 0.1) is 7.11 Å². The Labute approximate surface area is 96.4 Å². The third-order valence-corrected chi connectivity index (χ3v) is 3.26. The minimum absolute atomic E-state index is 0.473. The van der Waals surface area contributed by atoms with E-state index in [0.29, 0.717) is 18.5 Å². The molecule has 1 unspecified atom stereocenters. The lowest BCUT2D eigenvalue weighted by atomic mass is 10.0. The van der Waals surface area contributed by atoms with E-state index in [1.54, 1.807) is 7.11 Å². The molecule has 4 nitrogen and oxygen atoms in total. The largest absolute Gasteiger partial charge is 0.481 e. The summed E-state index contributed by atoms with van der Waals surface area (Å²) in [4.78, 5) is 6.68. The van der Waals surface area contributed by atoms with Crippen LogP contribution >= 0.6 is 0 Å². The molecule has 2 rings (SSSR count). The highest BCUT2D eigenvalue weighted by molar-refractivity contribution is 5.31. The lowest BCUT2D eigenvalue weighted by Crippen LogP contribution is -2.18. The lowest BCUT2D eigenvalue weighted by molar-refractivity contribution is 0.315. The fourth-order valence-corrected chi connectivity index (χ4v) is 2.36. The van der Waals surface area contributed by atoms with E-state index < -0.39 is 0 Å². The van der Waals surface area contributed by atoms with Crippen molar-refractivity contribution in [1.82, 2.24) is 9.88 Å². The van der Waals surface area contributed by atoms with Gasteiger partial charge in [-0.3, -0.25) is 4.90 Å². The number of pyridine rings is 1. The molecule has 1 fully saturated rings. The Hall–Kier alpha value is -1.13. The molecule has 1 aromatic rings. The van der Waals surface area contributed by atoms with Gasteiger partial charge >= 0.3 is 0 Å². The number of hydrogen-bond donors (Lipinski definition) is 1. The second kappa shape index (κ2) is 4.80. The molecule has 1 aromatic heterocycles. The van der Waals surface area contributed by atoms with E-state index >= 15 is 0 Å². The van der Waals surface area contributed by atoms with Crippen LogP contribution in [-0.2, 0) is 6.54 Å². The van der Waals surface area contributed by atoms with Gasteiger partial charge in [0, 0.05) is 24.3 Å². The Morgan fingerprint density at radius 3 is 3.00 bits per heavy atom. The number of aromatic nitrogens is 1. The molecule has 88 valence electrons. The van der Waals surface area contributed by atoms with Crippen LogP contribution in [0.1, 0.15) is 30.0 Å². The second-order valence-corrected chi connectivity index (χ2v) is 4.28. The number of nitrogens with two attached hydrogens (primary N) is 1. The molecule has 0 bridgehead atoms. The van der Waals surface area contributed by atoms with Crippen LogP contribution in [0.15, 0.2) is 12.3 Å². The Bertz CT molecular complexity index is 367. The number of ether oxygens (including phenoxy) is 1. The summed E-state index contributed by atoms with van der Waals surface area (Å²) in [5, 5.41) is 0. The zero-order valence-electron chi connectivity index (χ0n) is 9.94. The highest BCUT2D eigenvalue weighted by Gasteiger charge is 2.23. The summed E-state index contributed by atoms with van der Waals surface area (Å²) >= 11 is 0. The topological polar surface area (TPSA) is 51.4 Å². The van der Waals surface area contributed by atoms with Gasteiger partial charge in [0.1, 0.15) is 0 Å². The Morgan fingerprint density at radius 1 is 1.62 bits per heavy atom. The molecule has 1 aliphatic heterocycles. The van der Waals surface area contributed by atoms with E-state index in [1.807, 2.05) is 6.20 Å². The van der Waals surface area contributed by atoms with Crippen LogP contribution in [0, 0.1) is 0 Å². The van der Waals surface area contributed by atoms with E-state index in [4.69, 9.17) is 10.5 Å². The fraction of sp³-hybridized carbons (Fsp3) is 0.583. The SMILES string of the molecule is COc1ncc(C2CCCN2C)cc1CN. The molecule has 1 aliphatic rings. The van der Waals surface area contributed by atoms with Gasteiger partial charge in [0.2, 0.25) is 5.88 Å². The van der Waals surface area contributed by atoms with Gasteiger partial charge < -0.3 is 10.5 Å². The predicted octanol–water partition coefficient (Wildman–Crippen LogP) is 1.32. The van der Waals surface area contributed by atoms with Crippen LogP contribution in [0.25, 0.3) is 0 Å². The standard InChI is InChI=1S/C12H19N3O/c1-15-5-3-4-11(15)10-6-9(7-13)12(16-2)14-8-10/h6,8,11H,3-5,7,13H2,1-2H3. The molecule has 0 aliphatic carbocycles. The first kappa shape index (κ1) is 11.4. The molecule has 0 spiro atoms. The van der Waals surface area contributed by atoms with Gasteiger partial charge in [-0.2, -0.15) is 0 Å². The van der Waals surface area contributed by atoms with Crippen molar-refractivity contribution in [3.8, 4) is 5.88 Å². The molecule has 0 saturated carbocycles. The third kappa shape index (κ3) is 2.03. The van der Waals surface area contributed by atoms with Crippen LogP contribution in [-0.4, -0.2) is 30.6 Å². The third-order valence-electron chi connectivity index (χ3n) is 3.26. The van der Waals surface area contributed by atoms with Gasteiger partial charge in [-0.1, -0.05) is 0 Å². The van der Waals surface area contributed by atoms with Crippen LogP contribution in [0.5, 0.6) is 5.88 Å². The van der Waals surface area contributed by atoms with Crippen molar-refractivity contribution in [2.75, 3.05) is 20.7 Å². The van der Waals surface area contributed by atoms with Crippen molar-refractivity contribution in [2.24, 2.45) is 5.73 Å². The number of rotatable bonds is 3. The Morgan fingerprint density at radius 2 is 2.44 bits per heavy atom. The van der Waals surface area contributed by atoms with Gasteiger partial charge in [-0.25, -0.2) is 4.98 Å². The monoisotopic (exact) mass is 221 g/mol. The van der Waals surface area contributed by atoms with Crippen molar-refractivity contribution < 1.29 is 4.74 Å². The predicted molar refractivity (Wildman–Crippen MR) is 63.3 cm³/mol. The first-order valence-electron chi connectivity index (χ1n) is 5.69. The minimum Gasteiger partial charge on any atom is -0.481 e. The number of nitrogens with zero attached hydrogens (tertiary/aromatic N) is 2. The molecule has 2 N–H and O–H groups in total. The summed E-state index contributed by atoms with van der Waals surface area (Å²) in [5.41, 5.74) is 7.93. The molecule has 16 heavy (non-hydrogen) atoms. The van der Waals surface area contributed by atoms with Crippen molar-refractivity contribution in [2.45, 2.75) is 25.4 Å². The Balaban J connectivity index is 2.28. The van der Waals surface area contributed by atoms with E-state index in [-0.39, 0.29) is 0 Å².